The first-order chi connectivity index (χ1) is 6.24. The second kappa shape index (κ2) is 4.61. The summed E-state index contributed by atoms with van der Waals surface area (Å²) in [5.74, 6) is -0.269. The van der Waals surface area contributed by atoms with E-state index in [0.29, 0.717) is 13.0 Å². The van der Waals surface area contributed by atoms with Crippen LogP contribution >= 0.6 is 0 Å². The zero-order valence-electron chi connectivity index (χ0n) is 7.44. The molecule has 1 heterocycles. The van der Waals surface area contributed by atoms with Crippen molar-refractivity contribution in [2.45, 2.75) is 25.9 Å². The minimum Gasteiger partial charge on any atom is -0.370 e. The number of nitrogens with two attached hydrogens (primary N) is 2. The molecule has 0 atom stereocenters. The van der Waals surface area contributed by atoms with Gasteiger partial charge in [0.25, 0.3) is 0 Å². The highest BCUT2D eigenvalue weighted by molar-refractivity contribution is 5.73. The van der Waals surface area contributed by atoms with Crippen LogP contribution in [-0.4, -0.2) is 15.5 Å². The van der Waals surface area contributed by atoms with Crippen LogP contribution in [0.3, 0.4) is 0 Å². The van der Waals surface area contributed by atoms with Gasteiger partial charge in [0, 0.05) is 25.7 Å². The molecule has 0 aliphatic rings. The van der Waals surface area contributed by atoms with Crippen LogP contribution < -0.4 is 11.5 Å². The fraction of sp³-hybridized carbons (Fsp3) is 0.500. The van der Waals surface area contributed by atoms with E-state index in [4.69, 9.17) is 11.5 Å². The van der Waals surface area contributed by atoms with E-state index >= 15 is 0 Å². The maximum absolute atomic E-state index is 10.5. The lowest BCUT2D eigenvalue weighted by molar-refractivity contribution is -0.118. The highest BCUT2D eigenvalue weighted by Crippen LogP contribution is 2.00. The van der Waals surface area contributed by atoms with Crippen LogP contribution in [0.5, 0.6) is 0 Å². The highest BCUT2D eigenvalue weighted by Gasteiger charge is 2.00. The Morgan fingerprint density at radius 2 is 2.38 bits per heavy atom. The van der Waals surface area contributed by atoms with Gasteiger partial charge in [0.15, 0.2) is 0 Å². The molecule has 0 bridgehead atoms. The van der Waals surface area contributed by atoms with Crippen molar-refractivity contribution in [2.24, 2.45) is 11.5 Å². The third-order valence-electron chi connectivity index (χ3n) is 1.83. The minimum absolute atomic E-state index is 0.269. The molecular weight excluding hydrogens is 168 g/mol. The van der Waals surface area contributed by atoms with Crippen molar-refractivity contribution in [1.82, 2.24) is 9.55 Å². The third-order valence-corrected chi connectivity index (χ3v) is 1.83. The van der Waals surface area contributed by atoms with E-state index in [0.717, 1.165) is 18.7 Å². The summed E-state index contributed by atoms with van der Waals surface area (Å²) in [5, 5.41) is 0. The van der Waals surface area contributed by atoms with Crippen molar-refractivity contribution >= 4 is 5.91 Å². The summed E-state index contributed by atoms with van der Waals surface area (Å²) in [7, 11) is 0. The van der Waals surface area contributed by atoms with Crippen molar-refractivity contribution in [3.63, 3.8) is 0 Å². The molecule has 13 heavy (non-hydrogen) atoms. The molecule has 1 rings (SSSR count). The maximum Gasteiger partial charge on any atom is 0.217 e. The van der Waals surface area contributed by atoms with Crippen molar-refractivity contribution in [2.75, 3.05) is 0 Å². The topological polar surface area (TPSA) is 86.9 Å². The van der Waals surface area contributed by atoms with Crippen LogP contribution in [0.4, 0.5) is 0 Å². The monoisotopic (exact) mass is 182 g/mol. The number of amides is 1. The van der Waals surface area contributed by atoms with Crippen LogP contribution in [-0.2, 0) is 17.9 Å². The van der Waals surface area contributed by atoms with Gasteiger partial charge in [-0.25, -0.2) is 4.98 Å². The van der Waals surface area contributed by atoms with Crippen LogP contribution in [0.15, 0.2) is 12.5 Å². The highest BCUT2D eigenvalue weighted by atomic mass is 16.1. The average molecular weight is 182 g/mol. The molecule has 0 aliphatic heterocycles. The molecule has 0 aromatic carbocycles. The number of nitrogens with zero attached hydrogens (tertiary/aromatic N) is 2. The van der Waals surface area contributed by atoms with E-state index in [1.54, 1.807) is 12.5 Å². The molecule has 0 radical (unpaired) electrons. The van der Waals surface area contributed by atoms with E-state index in [-0.39, 0.29) is 5.91 Å². The van der Waals surface area contributed by atoms with Gasteiger partial charge < -0.3 is 16.0 Å². The zero-order valence-corrected chi connectivity index (χ0v) is 7.44. The Balaban J connectivity index is 2.40. The number of aromatic nitrogens is 2. The quantitative estimate of drug-likeness (QED) is 0.650. The fourth-order valence-electron chi connectivity index (χ4n) is 1.14. The molecule has 1 aromatic heterocycles. The second-order valence-electron chi connectivity index (χ2n) is 2.85. The second-order valence-corrected chi connectivity index (χ2v) is 2.85. The summed E-state index contributed by atoms with van der Waals surface area (Å²) in [6, 6.07) is 0. The molecule has 1 amide bonds. The van der Waals surface area contributed by atoms with Crippen molar-refractivity contribution in [3.8, 4) is 0 Å². The smallest absolute Gasteiger partial charge is 0.217 e. The van der Waals surface area contributed by atoms with Crippen molar-refractivity contribution < 1.29 is 4.79 Å². The standard InChI is InChI=1S/C8H14N4O/c9-4-7-5-11-6-12(7)3-1-2-8(10)13/h5-6H,1-4,9H2,(H2,10,13). The molecule has 0 saturated carbocycles. The number of rotatable bonds is 5. The third kappa shape index (κ3) is 2.87. The first kappa shape index (κ1) is 9.73. The van der Waals surface area contributed by atoms with Gasteiger partial charge in [-0.05, 0) is 6.42 Å². The number of primary amides is 1. The van der Waals surface area contributed by atoms with Gasteiger partial charge in [-0.2, -0.15) is 0 Å². The molecule has 0 fully saturated rings. The average Bonchev–Trinajstić information content (AvgIpc) is 2.51. The molecule has 5 nitrogen and oxygen atoms in total. The molecule has 0 aliphatic carbocycles. The number of hydrogen-bond acceptors (Lipinski definition) is 3. The molecular formula is C8H14N4O. The van der Waals surface area contributed by atoms with E-state index in [2.05, 4.69) is 4.98 Å². The van der Waals surface area contributed by atoms with Gasteiger partial charge >= 0.3 is 0 Å². The first-order valence-corrected chi connectivity index (χ1v) is 4.21. The molecule has 5 heteroatoms. The summed E-state index contributed by atoms with van der Waals surface area (Å²) in [6.07, 6.45) is 4.58. The summed E-state index contributed by atoms with van der Waals surface area (Å²) in [4.78, 5) is 14.4. The first-order valence-electron chi connectivity index (χ1n) is 4.21. The van der Waals surface area contributed by atoms with Gasteiger partial charge in [0.05, 0.1) is 12.0 Å². The summed E-state index contributed by atoms with van der Waals surface area (Å²) in [6.45, 7) is 1.21. The maximum atomic E-state index is 10.5. The van der Waals surface area contributed by atoms with E-state index in [1.807, 2.05) is 4.57 Å². The van der Waals surface area contributed by atoms with Gasteiger partial charge in [0.2, 0.25) is 5.91 Å². The number of aryl methyl sites for hydroxylation is 1. The van der Waals surface area contributed by atoms with E-state index in [9.17, 15) is 4.79 Å². The van der Waals surface area contributed by atoms with Crippen LogP contribution in [0.1, 0.15) is 18.5 Å². The molecule has 4 N–H and O–H groups in total. The molecule has 0 spiro atoms. The Morgan fingerprint density at radius 1 is 1.62 bits per heavy atom. The van der Waals surface area contributed by atoms with E-state index < -0.39 is 0 Å². The number of imidazole rings is 1. The van der Waals surface area contributed by atoms with Crippen molar-refractivity contribution in [3.05, 3.63) is 18.2 Å². The fourth-order valence-corrected chi connectivity index (χ4v) is 1.14. The van der Waals surface area contributed by atoms with Gasteiger partial charge in [0.1, 0.15) is 0 Å². The Hall–Kier alpha value is -1.36. The SMILES string of the molecule is NCc1cncn1CCCC(N)=O. The Labute approximate surface area is 76.7 Å². The minimum atomic E-state index is -0.269. The predicted molar refractivity (Wildman–Crippen MR) is 48.5 cm³/mol. The summed E-state index contributed by atoms with van der Waals surface area (Å²) >= 11 is 0. The lowest BCUT2D eigenvalue weighted by Crippen LogP contribution is -2.12. The van der Waals surface area contributed by atoms with E-state index in [1.165, 1.54) is 0 Å². The lowest BCUT2D eigenvalue weighted by atomic mass is 10.3. The largest absolute Gasteiger partial charge is 0.370 e. The van der Waals surface area contributed by atoms with Crippen molar-refractivity contribution in [1.29, 1.82) is 0 Å². The number of carbonyl (C=O) groups excluding carboxylic acids is 1. The molecule has 1 aromatic rings. The zero-order chi connectivity index (χ0) is 9.68. The van der Waals surface area contributed by atoms with Crippen LogP contribution in [0, 0.1) is 0 Å². The molecule has 0 saturated heterocycles. The summed E-state index contributed by atoms with van der Waals surface area (Å²) < 4.78 is 1.93. The van der Waals surface area contributed by atoms with Gasteiger partial charge in [-0.3, -0.25) is 4.79 Å². The van der Waals surface area contributed by atoms with Crippen LogP contribution in [0.2, 0.25) is 0 Å². The molecule has 0 unspecified atom stereocenters. The number of hydrogen-bond donors (Lipinski definition) is 2. The number of carbonyl (C=O) groups is 1. The normalized spacial score (nSPS) is 10.2. The molecule has 72 valence electrons. The Bertz CT molecular complexity index is 281. The lowest BCUT2D eigenvalue weighted by Gasteiger charge is -2.04. The Morgan fingerprint density at radius 3 is 3.00 bits per heavy atom. The van der Waals surface area contributed by atoms with Gasteiger partial charge in [-0.15, -0.1) is 0 Å². The predicted octanol–water partition coefficient (Wildman–Crippen LogP) is -0.393. The van der Waals surface area contributed by atoms with Gasteiger partial charge in [-0.1, -0.05) is 0 Å². The summed E-state index contributed by atoms with van der Waals surface area (Å²) in [5.41, 5.74) is 11.5. The van der Waals surface area contributed by atoms with Crippen LogP contribution in [0.25, 0.3) is 0 Å². The Kier molecular flexibility index (Phi) is 3.45.